The van der Waals surface area contributed by atoms with Crippen molar-refractivity contribution in [1.82, 2.24) is 0 Å². The van der Waals surface area contributed by atoms with E-state index in [2.05, 4.69) is 5.32 Å². The molecule has 1 saturated heterocycles. The van der Waals surface area contributed by atoms with Gasteiger partial charge in [0.2, 0.25) is 0 Å². The molecule has 0 spiro atoms. The first-order valence-electron chi connectivity index (χ1n) is 9.18. The molecule has 2 aromatic carbocycles. The molecule has 0 aliphatic carbocycles. The average Bonchev–Trinajstić information content (AvgIpc) is 2.68. The molecule has 1 aliphatic heterocycles. The van der Waals surface area contributed by atoms with E-state index in [0.717, 1.165) is 11.8 Å². The van der Waals surface area contributed by atoms with E-state index in [9.17, 15) is 29.7 Å². The van der Waals surface area contributed by atoms with E-state index in [1.165, 1.54) is 24.3 Å². The molecule has 0 aromatic heterocycles. The van der Waals surface area contributed by atoms with E-state index in [1.807, 2.05) is 4.90 Å². The van der Waals surface area contributed by atoms with E-state index in [-0.39, 0.29) is 17.5 Å². The summed E-state index contributed by atoms with van der Waals surface area (Å²) in [6.45, 7) is 2.97. The van der Waals surface area contributed by atoms with Crippen LogP contribution in [0.5, 0.6) is 0 Å². The summed E-state index contributed by atoms with van der Waals surface area (Å²) in [5.74, 6) is -0.437. The fourth-order valence-corrected chi connectivity index (χ4v) is 3.48. The molecule has 1 unspecified atom stereocenters. The van der Waals surface area contributed by atoms with Crippen molar-refractivity contribution in [3.8, 4) is 0 Å². The van der Waals surface area contributed by atoms with Gasteiger partial charge in [0.25, 0.3) is 11.4 Å². The Balaban J connectivity index is 1.91. The third kappa shape index (κ3) is 4.60. The number of aliphatic hydroxyl groups excluding tert-OH is 1. The largest absolute Gasteiger partial charge is 0.393 e. The van der Waals surface area contributed by atoms with Crippen LogP contribution in [0.2, 0.25) is 0 Å². The SMILES string of the molecule is CC(Nc1ccc([N+](=O)[O-])cc1[N+](=O)[O-])c1cc(F)ccc1N1CCC(O)CC1. The Hall–Kier alpha value is -3.27. The van der Waals surface area contributed by atoms with E-state index < -0.39 is 27.4 Å². The zero-order valence-corrected chi connectivity index (χ0v) is 15.7. The van der Waals surface area contributed by atoms with E-state index >= 15 is 0 Å². The van der Waals surface area contributed by atoms with Crippen molar-refractivity contribution in [3.63, 3.8) is 0 Å². The summed E-state index contributed by atoms with van der Waals surface area (Å²) >= 11 is 0. The number of nitrogens with one attached hydrogen (secondary N) is 1. The van der Waals surface area contributed by atoms with Crippen LogP contribution in [0, 0.1) is 26.0 Å². The van der Waals surface area contributed by atoms with Crippen LogP contribution in [0.3, 0.4) is 0 Å². The third-order valence-electron chi connectivity index (χ3n) is 5.02. The Morgan fingerprint density at radius 3 is 2.45 bits per heavy atom. The first kappa shape index (κ1) is 20.5. The molecule has 2 N–H and O–H groups in total. The first-order chi connectivity index (χ1) is 13.8. The molecular weight excluding hydrogens is 383 g/mol. The van der Waals surface area contributed by atoms with Gasteiger partial charge in [-0.15, -0.1) is 0 Å². The molecule has 1 aliphatic rings. The maximum Gasteiger partial charge on any atom is 0.299 e. The molecule has 1 atom stereocenters. The highest BCUT2D eigenvalue weighted by Crippen LogP contribution is 2.35. The van der Waals surface area contributed by atoms with Crippen molar-refractivity contribution in [1.29, 1.82) is 0 Å². The quantitative estimate of drug-likeness (QED) is 0.555. The molecule has 0 saturated carbocycles. The number of rotatable bonds is 6. The van der Waals surface area contributed by atoms with Crippen molar-refractivity contribution in [3.05, 3.63) is 68.0 Å². The fraction of sp³-hybridized carbons (Fsp3) is 0.368. The minimum Gasteiger partial charge on any atom is -0.393 e. The first-order valence-corrected chi connectivity index (χ1v) is 9.18. The van der Waals surface area contributed by atoms with Gasteiger partial charge in [0.05, 0.1) is 28.1 Å². The van der Waals surface area contributed by atoms with Crippen LogP contribution in [-0.4, -0.2) is 34.1 Å². The van der Waals surface area contributed by atoms with Gasteiger partial charge in [-0.1, -0.05) is 0 Å². The van der Waals surface area contributed by atoms with Gasteiger partial charge in [-0.05, 0) is 44.0 Å². The van der Waals surface area contributed by atoms with Crippen LogP contribution < -0.4 is 10.2 Å². The molecule has 1 fully saturated rings. The summed E-state index contributed by atoms with van der Waals surface area (Å²) in [4.78, 5) is 22.9. The van der Waals surface area contributed by atoms with Gasteiger partial charge in [0.15, 0.2) is 0 Å². The van der Waals surface area contributed by atoms with Gasteiger partial charge in [-0.25, -0.2) is 4.39 Å². The number of nitro groups is 2. The molecule has 29 heavy (non-hydrogen) atoms. The fourth-order valence-electron chi connectivity index (χ4n) is 3.48. The lowest BCUT2D eigenvalue weighted by Gasteiger charge is -2.34. The minimum atomic E-state index is -0.699. The molecule has 9 nitrogen and oxygen atoms in total. The zero-order chi connectivity index (χ0) is 21.1. The van der Waals surface area contributed by atoms with Gasteiger partial charge in [0.1, 0.15) is 11.5 Å². The molecule has 0 amide bonds. The molecule has 3 rings (SSSR count). The van der Waals surface area contributed by atoms with Gasteiger partial charge in [-0.2, -0.15) is 0 Å². The maximum atomic E-state index is 14.0. The monoisotopic (exact) mass is 404 g/mol. The Bertz CT molecular complexity index is 931. The summed E-state index contributed by atoms with van der Waals surface area (Å²) in [5.41, 5.74) is 0.688. The second-order valence-corrected chi connectivity index (χ2v) is 7.00. The molecule has 0 bridgehead atoms. The number of benzene rings is 2. The Morgan fingerprint density at radius 2 is 1.83 bits per heavy atom. The predicted octanol–water partition coefficient (Wildman–Crippen LogP) is 3.78. The average molecular weight is 404 g/mol. The van der Waals surface area contributed by atoms with Crippen molar-refractivity contribution >= 4 is 22.7 Å². The van der Waals surface area contributed by atoms with Gasteiger partial charge in [-0.3, -0.25) is 20.2 Å². The van der Waals surface area contributed by atoms with Crippen LogP contribution in [0.4, 0.5) is 27.1 Å². The number of non-ortho nitro benzene ring substituents is 1. The third-order valence-corrected chi connectivity index (χ3v) is 5.02. The second kappa shape index (κ2) is 8.39. The topological polar surface area (TPSA) is 122 Å². The number of halogens is 1. The predicted molar refractivity (Wildman–Crippen MR) is 106 cm³/mol. The van der Waals surface area contributed by atoms with Crippen LogP contribution >= 0.6 is 0 Å². The number of hydrogen-bond acceptors (Lipinski definition) is 7. The van der Waals surface area contributed by atoms with E-state index in [4.69, 9.17) is 0 Å². The lowest BCUT2D eigenvalue weighted by molar-refractivity contribution is -0.393. The highest BCUT2D eigenvalue weighted by atomic mass is 19.1. The summed E-state index contributed by atoms with van der Waals surface area (Å²) < 4.78 is 14.0. The van der Waals surface area contributed by atoms with Crippen LogP contribution in [0.15, 0.2) is 36.4 Å². The van der Waals surface area contributed by atoms with Crippen LogP contribution in [0.1, 0.15) is 31.4 Å². The van der Waals surface area contributed by atoms with Crippen LogP contribution in [0.25, 0.3) is 0 Å². The molecule has 0 radical (unpaired) electrons. The van der Waals surface area contributed by atoms with Gasteiger partial charge >= 0.3 is 0 Å². The summed E-state index contributed by atoms with van der Waals surface area (Å²) in [6, 6.07) is 7.23. The number of anilines is 2. The van der Waals surface area contributed by atoms with E-state index in [0.29, 0.717) is 31.5 Å². The Kier molecular flexibility index (Phi) is 5.92. The number of aliphatic hydroxyl groups is 1. The maximum absolute atomic E-state index is 14.0. The molecule has 10 heteroatoms. The zero-order valence-electron chi connectivity index (χ0n) is 15.7. The number of hydrogen-bond donors (Lipinski definition) is 2. The molecular formula is C19H21FN4O5. The van der Waals surface area contributed by atoms with Crippen molar-refractivity contribution in [2.45, 2.75) is 31.9 Å². The summed E-state index contributed by atoms with van der Waals surface area (Å²) in [7, 11) is 0. The smallest absolute Gasteiger partial charge is 0.299 e. The van der Waals surface area contributed by atoms with Crippen molar-refractivity contribution < 1.29 is 19.3 Å². The lowest BCUT2D eigenvalue weighted by atomic mass is 10.0. The molecule has 1 heterocycles. The van der Waals surface area contributed by atoms with Gasteiger partial charge < -0.3 is 15.3 Å². The van der Waals surface area contributed by atoms with Crippen molar-refractivity contribution in [2.75, 3.05) is 23.3 Å². The molecule has 154 valence electrons. The number of nitrogens with zero attached hydrogens (tertiary/aromatic N) is 3. The Labute approximate surface area is 166 Å². The Morgan fingerprint density at radius 1 is 1.14 bits per heavy atom. The normalized spacial score (nSPS) is 15.8. The highest BCUT2D eigenvalue weighted by molar-refractivity contribution is 5.67. The lowest BCUT2D eigenvalue weighted by Crippen LogP contribution is -2.36. The van der Waals surface area contributed by atoms with Gasteiger partial charge in [0, 0.05) is 30.4 Å². The standard InChI is InChI=1S/C19H21FN4O5/c1-12(21-17-4-3-14(23(26)27)11-19(17)24(28)29)16-10-13(20)2-5-18(16)22-8-6-15(25)7-9-22/h2-5,10-12,15,21,25H,6-9H2,1H3. The number of piperidine rings is 1. The minimum absolute atomic E-state index is 0.109. The van der Waals surface area contributed by atoms with Crippen molar-refractivity contribution in [2.24, 2.45) is 0 Å². The second-order valence-electron chi connectivity index (χ2n) is 7.00. The highest BCUT2D eigenvalue weighted by Gasteiger charge is 2.24. The van der Waals surface area contributed by atoms with Crippen LogP contribution in [-0.2, 0) is 0 Å². The summed E-state index contributed by atoms with van der Waals surface area (Å²) in [6.07, 6.45) is 0.854. The van der Waals surface area contributed by atoms with E-state index in [1.54, 1.807) is 13.0 Å². The number of nitro benzene ring substituents is 2. The summed E-state index contributed by atoms with van der Waals surface area (Å²) in [5, 5.41) is 35.0. The molecule has 2 aromatic rings.